The van der Waals surface area contributed by atoms with Crippen LogP contribution >= 0.6 is 0 Å². The predicted molar refractivity (Wildman–Crippen MR) is 529 cm³/mol. The molecule has 0 radical (unpaired) electrons. The zero-order valence-corrected chi connectivity index (χ0v) is 77.0. The number of benzene rings is 9. The lowest BCUT2D eigenvalue weighted by atomic mass is 9.85. The zero-order valence-electron chi connectivity index (χ0n) is 77.0. The number of aliphatic imine (C=N–C) groups is 2. The minimum Gasteiger partial charge on any atom is -0.286 e. The third-order valence-corrected chi connectivity index (χ3v) is 25.4. The van der Waals surface area contributed by atoms with Crippen LogP contribution in [0.4, 0.5) is 0 Å². The number of hydrogen-bond donors (Lipinski definition) is 0. The number of aromatic nitrogens is 2. The normalized spacial score (nSPS) is 12.9. The van der Waals surface area contributed by atoms with Gasteiger partial charge in [-0.15, -0.1) is 0 Å². The molecule has 4 heteroatoms. The number of hydrogen-bond acceptors (Lipinski definition) is 4. The van der Waals surface area contributed by atoms with Crippen molar-refractivity contribution in [1.29, 1.82) is 0 Å². The fraction of sp³-hybridized carbons (Fsp3) is 0.466. The van der Waals surface area contributed by atoms with E-state index in [1.807, 2.05) is 14.1 Å². The Balaban J connectivity index is 0.000000317. The second-order valence-corrected chi connectivity index (χ2v) is 35.3. The Morgan fingerprint density at radius 2 is 0.475 bits per heavy atom. The van der Waals surface area contributed by atoms with Crippen molar-refractivity contribution in [1.82, 2.24) is 9.97 Å². The molecule has 10 aromatic rings. The van der Waals surface area contributed by atoms with Crippen LogP contribution in [-0.4, -0.2) is 35.5 Å². The molecule has 0 saturated heterocycles. The summed E-state index contributed by atoms with van der Waals surface area (Å²) in [4.78, 5) is 21.0. The Bertz CT molecular complexity index is 4670. The first-order valence-electron chi connectivity index (χ1n) is 48.4. The monoisotopic (exact) mass is 1600 g/mol. The van der Waals surface area contributed by atoms with Crippen molar-refractivity contribution >= 4 is 28.0 Å². The summed E-state index contributed by atoms with van der Waals surface area (Å²) in [6, 6.07) is 69.8. The second-order valence-electron chi connectivity index (χ2n) is 35.3. The molecule has 0 aliphatic heterocycles. The molecule has 0 spiro atoms. The van der Waals surface area contributed by atoms with Crippen molar-refractivity contribution in [2.75, 3.05) is 14.1 Å². The van der Waals surface area contributed by atoms with E-state index in [2.05, 4.69) is 273 Å². The summed E-state index contributed by atoms with van der Waals surface area (Å²) in [5, 5.41) is 0. The van der Waals surface area contributed by atoms with Gasteiger partial charge in [0.05, 0.1) is 33.8 Å². The SMILES string of the molecule is CCCCCCCCc1cc(C)ccc1-c1ccc(-c2ccc(-c3ccc(-c4ccc(C)cc4CCCCCCCC)c(CCCCCCCC)c3)c3nc(-c4ccccc4)c(-c4ccccc4)nc23)cc1CCCCCCCC.CCCCCCCCc1cc(C)ccc1-c1ccc(C2=CC=C(C)C(=NC)C2=NC)cc1CCCCCCCC. The molecular formula is C116H152N4. The predicted octanol–water partition coefficient (Wildman–Crippen LogP) is 34.8. The van der Waals surface area contributed by atoms with Gasteiger partial charge in [-0.2, -0.15) is 0 Å². The summed E-state index contributed by atoms with van der Waals surface area (Å²) in [7, 11) is 3.76. The van der Waals surface area contributed by atoms with Crippen LogP contribution < -0.4 is 0 Å². The lowest BCUT2D eigenvalue weighted by molar-refractivity contribution is 0.607. The topological polar surface area (TPSA) is 50.5 Å². The molecule has 9 aromatic carbocycles. The Labute approximate surface area is 729 Å². The van der Waals surface area contributed by atoms with Crippen LogP contribution in [0.25, 0.3) is 94.8 Å². The van der Waals surface area contributed by atoms with Crippen LogP contribution in [0.2, 0.25) is 0 Å². The van der Waals surface area contributed by atoms with E-state index in [1.165, 1.54) is 349 Å². The van der Waals surface area contributed by atoms with Gasteiger partial charge in [0.2, 0.25) is 0 Å². The Hall–Kier alpha value is -8.86. The fourth-order valence-corrected chi connectivity index (χ4v) is 18.5. The van der Waals surface area contributed by atoms with Gasteiger partial charge < -0.3 is 0 Å². The van der Waals surface area contributed by atoms with Gasteiger partial charge in [-0.3, -0.25) is 9.98 Å². The van der Waals surface area contributed by atoms with Crippen LogP contribution in [0, 0.1) is 20.8 Å². The molecule has 11 rings (SSSR count). The summed E-state index contributed by atoms with van der Waals surface area (Å²) in [6.45, 7) is 22.7. The highest BCUT2D eigenvalue weighted by Gasteiger charge is 2.25. The second kappa shape index (κ2) is 51.8. The van der Waals surface area contributed by atoms with E-state index < -0.39 is 0 Å². The summed E-state index contributed by atoms with van der Waals surface area (Å²) in [6.07, 6.45) is 58.1. The molecule has 120 heavy (non-hydrogen) atoms. The van der Waals surface area contributed by atoms with Crippen LogP contribution in [0.1, 0.15) is 335 Å². The van der Waals surface area contributed by atoms with Gasteiger partial charge in [0.1, 0.15) is 0 Å². The number of aryl methyl sites for hydroxylation is 9. The third-order valence-electron chi connectivity index (χ3n) is 25.4. The molecule has 1 heterocycles. The highest BCUT2D eigenvalue weighted by Crippen LogP contribution is 2.44. The van der Waals surface area contributed by atoms with E-state index >= 15 is 0 Å². The molecule has 0 N–H and O–H groups in total. The molecule has 1 aliphatic rings. The van der Waals surface area contributed by atoms with E-state index in [4.69, 9.17) is 9.97 Å². The molecule has 636 valence electrons. The van der Waals surface area contributed by atoms with Crippen molar-refractivity contribution in [2.45, 2.75) is 339 Å². The Kier molecular flexibility index (Phi) is 40.3. The summed E-state index contributed by atoms with van der Waals surface area (Å²) < 4.78 is 0. The van der Waals surface area contributed by atoms with Gasteiger partial charge in [-0.05, 0) is 194 Å². The molecule has 1 aliphatic carbocycles. The van der Waals surface area contributed by atoms with Gasteiger partial charge >= 0.3 is 0 Å². The summed E-state index contributed by atoms with van der Waals surface area (Å²) in [5.41, 5.74) is 37.6. The van der Waals surface area contributed by atoms with Gasteiger partial charge in [0, 0.05) is 41.9 Å². The lowest BCUT2D eigenvalue weighted by Gasteiger charge is -2.20. The Morgan fingerprint density at radius 1 is 0.225 bits per heavy atom. The van der Waals surface area contributed by atoms with Crippen molar-refractivity contribution in [3.05, 3.63) is 255 Å². The largest absolute Gasteiger partial charge is 0.286 e. The van der Waals surface area contributed by atoms with E-state index in [9.17, 15) is 0 Å². The fourth-order valence-electron chi connectivity index (χ4n) is 18.5. The van der Waals surface area contributed by atoms with Crippen molar-refractivity contribution in [2.24, 2.45) is 9.98 Å². The van der Waals surface area contributed by atoms with E-state index in [-0.39, 0.29) is 0 Å². The van der Waals surface area contributed by atoms with Gasteiger partial charge in [-0.25, -0.2) is 9.97 Å². The van der Waals surface area contributed by atoms with Crippen LogP contribution in [0.3, 0.4) is 0 Å². The number of nitrogens with zero attached hydrogens (tertiary/aromatic N) is 4. The van der Waals surface area contributed by atoms with Crippen molar-refractivity contribution < 1.29 is 0 Å². The lowest BCUT2D eigenvalue weighted by Crippen LogP contribution is -2.20. The van der Waals surface area contributed by atoms with Crippen LogP contribution in [-0.2, 0) is 38.5 Å². The first kappa shape index (κ1) is 93.4. The summed E-state index contributed by atoms with van der Waals surface area (Å²) in [5.74, 6) is 0. The Morgan fingerprint density at radius 3 is 0.767 bits per heavy atom. The number of allylic oxidation sites excluding steroid dienone is 4. The number of rotatable bonds is 50. The van der Waals surface area contributed by atoms with E-state index in [1.54, 1.807) is 0 Å². The standard InChI is InChI=1S/C78H98N2.C38H54N2/c1-7-11-15-19-23-29-41-63-55-59(5)45-49-69(63)71-51-47-67(57-65(71)43-31-25-21-17-13-9-3)73-53-54-74(78-77(73)79-75(61-37-33-27-34-38-61)76(80-78)62-39-35-28-36-40-62)68-48-52-72(66(58-68)44-32-26-22-18-14-10-4)70-50-46-60(6)56-64(70)42-30-24-20-16-12-8-2;1-7-9-11-13-15-17-19-31-27-29(3)21-24-34(31)35-26-23-33(28-32(35)20-18-16-14-12-10-8-2)36-25-22-30(4)37(39-5)38(36)40-6/h27-28,33-40,45-58H,7-26,29-32,41-44H2,1-6H3;21-28H,7-20H2,1-6H3. The first-order chi connectivity index (χ1) is 58.9. The molecule has 0 unspecified atom stereocenters. The number of unbranched alkanes of at least 4 members (excludes halogenated alkanes) is 30. The van der Waals surface area contributed by atoms with E-state index in [0.29, 0.717) is 0 Å². The van der Waals surface area contributed by atoms with Crippen LogP contribution in [0.5, 0.6) is 0 Å². The minimum atomic E-state index is 0.919. The highest BCUT2D eigenvalue weighted by molar-refractivity contribution is 6.63. The quantitative estimate of drug-likeness (QED) is 0.0282. The molecule has 0 amide bonds. The maximum atomic E-state index is 5.86. The number of fused-ring (bicyclic) bond motifs is 1. The summed E-state index contributed by atoms with van der Waals surface area (Å²) >= 11 is 0. The maximum Gasteiger partial charge on any atom is 0.0979 e. The highest BCUT2D eigenvalue weighted by atomic mass is 14.8. The zero-order chi connectivity index (χ0) is 84.5. The van der Waals surface area contributed by atoms with Gasteiger partial charge in [-0.1, -0.05) is 445 Å². The van der Waals surface area contributed by atoms with Crippen molar-refractivity contribution in [3.63, 3.8) is 0 Å². The molecule has 0 fully saturated rings. The third kappa shape index (κ3) is 27.6. The van der Waals surface area contributed by atoms with Gasteiger partial charge in [0.15, 0.2) is 0 Å². The van der Waals surface area contributed by atoms with Gasteiger partial charge in [0.25, 0.3) is 0 Å². The molecule has 0 bridgehead atoms. The van der Waals surface area contributed by atoms with Crippen molar-refractivity contribution in [3.8, 4) is 78.1 Å². The smallest absolute Gasteiger partial charge is 0.0979 e. The molecular weight excluding hydrogens is 1450 g/mol. The first-order valence-corrected chi connectivity index (χ1v) is 48.4. The molecule has 4 nitrogen and oxygen atoms in total. The molecule has 1 aromatic heterocycles. The maximum absolute atomic E-state index is 5.86. The average molecular weight is 1600 g/mol. The van der Waals surface area contributed by atoms with Crippen LogP contribution in [0.15, 0.2) is 210 Å². The minimum absolute atomic E-state index is 0.919. The molecule has 0 saturated carbocycles. The van der Waals surface area contributed by atoms with E-state index in [0.717, 1.165) is 88.2 Å². The molecule has 0 atom stereocenters. The average Bonchev–Trinajstić information content (AvgIpc) is 0.730.